The number of rotatable bonds is 4. The molecule has 0 radical (unpaired) electrons. The van der Waals surface area contributed by atoms with Crippen molar-refractivity contribution in [2.75, 3.05) is 6.54 Å². The number of aromatic nitrogens is 3. The van der Waals surface area contributed by atoms with Gasteiger partial charge in [0.15, 0.2) is 10.6 Å². The number of hydrogen-bond acceptors (Lipinski definition) is 3. The highest BCUT2D eigenvalue weighted by Gasteiger charge is 2.18. The fourth-order valence-corrected chi connectivity index (χ4v) is 3.80. The lowest BCUT2D eigenvalue weighted by molar-refractivity contribution is 0.188. The van der Waals surface area contributed by atoms with E-state index in [4.69, 9.17) is 17.3 Å². The summed E-state index contributed by atoms with van der Waals surface area (Å²) in [5, 5.41) is 4.83. The van der Waals surface area contributed by atoms with Crippen LogP contribution in [0.2, 0.25) is 0 Å². The third kappa shape index (κ3) is 3.17. The topological polar surface area (TPSA) is 26.0 Å². The van der Waals surface area contributed by atoms with E-state index in [-0.39, 0.29) is 0 Å². The molecule has 0 aliphatic carbocycles. The molecular formula is C20H22N4S. The van der Waals surface area contributed by atoms with Crippen molar-refractivity contribution < 1.29 is 0 Å². The van der Waals surface area contributed by atoms with Crippen molar-refractivity contribution in [1.82, 2.24) is 19.2 Å². The highest BCUT2D eigenvalue weighted by atomic mass is 32.1. The molecule has 0 N–H and O–H groups in total. The van der Waals surface area contributed by atoms with Crippen LogP contribution in [-0.2, 0) is 26.2 Å². The Hall–Kier alpha value is -2.24. The highest BCUT2D eigenvalue weighted by molar-refractivity contribution is 7.71. The molecule has 3 aromatic rings. The van der Waals surface area contributed by atoms with Crippen molar-refractivity contribution in [2.24, 2.45) is 0 Å². The Balaban J connectivity index is 1.62. The molecule has 0 spiro atoms. The van der Waals surface area contributed by atoms with E-state index in [0.29, 0.717) is 0 Å². The maximum atomic E-state index is 5.70. The van der Waals surface area contributed by atoms with E-state index in [1.165, 1.54) is 11.1 Å². The van der Waals surface area contributed by atoms with Crippen molar-refractivity contribution in [3.8, 4) is 11.4 Å². The van der Waals surface area contributed by atoms with Crippen LogP contribution in [0, 0.1) is 4.77 Å². The largest absolute Gasteiger partial charge is 0.300 e. The average molecular weight is 350 g/mol. The normalized spacial score (nSPS) is 14.4. The molecule has 1 aliphatic rings. The molecule has 25 heavy (non-hydrogen) atoms. The van der Waals surface area contributed by atoms with Gasteiger partial charge in [0.25, 0.3) is 0 Å². The molecule has 0 atom stereocenters. The summed E-state index contributed by atoms with van der Waals surface area (Å²) in [7, 11) is 0. The maximum Gasteiger partial charge on any atom is 0.199 e. The monoisotopic (exact) mass is 350 g/mol. The zero-order valence-electron chi connectivity index (χ0n) is 14.4. The van der Waals surface area contributed by atoms with E-state index < -0.39 is 0 Å². The molecule has 2 heterocycles. The second kappa shape index (κ2) is 6.94. The number of hydrogen-bond donors (Lipinski definition) is 0. The number of nitrogens with zero attached hydrogens (tertiary/aromatic N) is 4. The van der Waals surface area contributed by atoms with Crippen molar-refractivity contribution in [3.63, 3.8) is 0 Å². The van der Waals surface area contributed by atoms with Gasteiger partial charge in [0.1, 0.15) is 0 Å². The molecule has 0 fully saturated rings. The predicted octanol–water partition coefficient (Wildman–Crippen LogP) is 4.12. The summed E-state index contributed by atoms with van der Waals surface area (Å²) in [6.45, 7) is 5.67. The van der Waals surface area contributed by atoms with Crippen molar-refractivity contribution >= 4 is 12.2 Å². The molecule has 128 valence electrons. The van der Waals surface area contributed by atoms with Gasteiger partial charge < -0.3 is 4.57 Å². The van der Waals surface area contributed by atoms with Crippen molar-refractivity contribution in [3.05, 3.63) is 70.5 Å². The molecule has 0 unspecified atom stereocenters. The Morgan fingerprint density at radius 1 is 1.00 bits per heavy atom. The van der Waals surface area contributed by atoms with Crippen LogP contribution in [0.5, 0.6) is 0 Å². The second-order valence-corrected chi connectivity index (χ2v) is 6.79. The summed E-state index contributed by atoms with van der Waals surface area (Å²) in [6, 6.07) is 19.0. The van der Waals surface area contributed by atoms with Gasteiger partial charge in [-0.25, -0.2) is 4.68 Å². The van der Waals surface area contributed by atoms with E-state index in [2.05, 4.69) is 52.8 Å². The lowest BCUT2D eigenvalue weighted by Gasteiger charge is -2.28. The van der Waals surface area contributed by atoms with Crippen molar-refractivity contribution in [1.29, 1.82) is 0 Å². The molecular weight excluding hydrogens is 328 g/mol. The third-order valence-corrected chi connectivity index (χ3v) is 5.25. The van der Waals surface area contributed by atoms with Gasteiger partial charge in [-0.15, -0.1) is 0 Å². The first-order valence-electron chi connectivity index (χ1n) is 8.78. The summed E-state index contributed by atoms with van der Waals surface area (Å²) in [5.74, 6) is 0.950. The Kier molecular flexibility index (Phi) is 4.51. The first-order chi connectivity index (χ1) is 12.3. The molecule has 5 heteroatoms. The number of benzene rings is 2. The Morgan fingerprint density at radius 3 is 2.48 bits per heavy atom. The second-order valence-electron chi connectivity index (χ2n) is 6.43. The third-order valence-electron chi connectivity index (χ3n) is 4.81. The van der Waals surface area contributed by atoms with Crippen LogP contribution in [-0.4, -0.2) is 25.8 Å². The van der Waals surface area contributed by atoms with E-state index >= 15 is 0 Å². The SMILES string of the molecule is CCn1c(-c2ccccc2)nn(CN2CCc3ccccc3C2)c1=S. The summed E-state index contributed by atoms with van der Waals surface area (Å²) < 4.78 is 4.87. The average Bonchev–Trinajstić information content (AvgIpc) is 2.98. The predicted molar refractivity (Wildman–Crippen MR) is 103 cm³/mol. The van der Waals surface area contributed by atoms with Gasteiger partial charge in [-0.2, -0.15) is 5.10 Å². The fraction of sp³-hybridized carbons (Fsp3) is 0.300. The molecule has 4 nitrogen and oxygen atoms in total. The van der Waals surface area contributed by atoms with Gasteiger partial charge >= 0.3 is 0 Å². The quantitative estimate of drug-likeness (QED) is 0.662. The van der Waals surface area contributed by atoms with Crippen LogP contribution in [0.4, 0.5) is 0 Å². The molecule has 0 saturated carbocycles. The fourth-order valence-electron chi connectivity index (χ4n) is 3.48. The minimum atomic E-state index is 0.736. The van der Waals surface area contributed by atoms with Gasteiger partial charge in [0.2, 0.25) is 0 Å². The van der Waals surface area contributed by atoms with Crippen LogP contribution < -0.4 is 0 Å². The van der Waals surface area contributed by atoms with E-state index in [1.54, 1.807) is 0 Å². The van der Waals surface area contributed by atoms with Crippen LogP contribution in [0.15, 0.2) is 54.6 Å². The van der Waals surface area contributed by atoms with Gasteiger partial charge in [0.05, 0.1) is 6.67 Å². The van der Waals surface area contributed by atoms with Gasteiger partial charge in [-0.1, -0.05) is 54.6 Å². The molecule has 1 aliphatic heterocycles. The molecule has 1 aromatic heterocycles. The summed E-state index contributed by atoms with van der Waals surface area (Å²) in [4.78, 5) is 2.42. The first kappa shape index (κ1) is 16.2. The minimum absolute atomic E-state index is 0.736. The minimum Gasteiger partial charge on any atom is -0.300 e. The van der Waals surface area contributed by atoms with Crippen LogP contribution in [0.25, 0.3) is 11.4 Å². The van der Waals surface area contributed by atoms with Crippen LogP contribution in [0.3, 0.4) is 0 Å². The van der Waals surface area contributed by atoms with Crippen molar-refractivity contribution in [2.45, 2.75) is 33.1 Å². The molecule has 0 bridgehead atoms. The smallest absolute Gasteiger partial charge is 0.199 e. The van der Waals surface area contributed by atoms with Gasteiger partial charge in [-0.05, 0) is 36.7 Å². The van der Waals surface area contributed by atoms with E-state index in [1.807, 2.05) is 22.9 Å². The highest BCUT2D eigenvalue weighted by Crippen LogP contribution is 2.21. The Morgan fingerprint density at radius 2 is 1.72 bits per heavy atom. The Labute approximate surface area is 153 Å². The van der Waals surface area contributed by atoms with E-state index in [0.717, 1.165) is 48.9 Å². The van der Waals surface area contributed by atoms with Gasteiger partial charge in [-0.3, -0.25) is 4.90 Å². The zero-order chi connectivity index (χ0) is 17.2. The maximum absolute atomic E-state index is 5.70. The van der Waals surface area contributed by atoms with E-state index in [9.17, 15) is 0 Å². The molecule has 4 rings (SSSR count). The molecule has 0 amide bonds. The van der Waals surface area contributed by atoms with Gasteiger partial charge in [0, 0.05) is 25.2 Å². The zero-order valence-corrected chi connectivity index (χ0v) is 15.2. The van der Waals surface area contributed by atoms with Crippen LogP contribution >= 0.6 is 12.2 Å². The molecule has 0 saturated heterocycles. The standard InChI is InChI=1S/C20H22N4S/c1-2-23-19(17-9-4-3-5-10-17)21-24(20(23)25)15-22-13-12-16-8-6-7-11-18(16)14-22/h3-11H,2,12-15H2,1H3. The summed E-state index contributed by atoms with van der Waals surface area (Å²) >= 11 is 5.70. The summed E-state index contributed by atoms with van der Waals surface area (Å²) in [6.07, 6.45) is 1.09. The Bertz CT molecular complexity index is 926. The lowest BCUT2D eigenvalue weighted by Crippen LogP contribution is -2.32. The van der Waals surface area contributed by atoms with Crippen LogP contribution in [0.1, 0.15) is 18.1 Å². The summed E-state index contributed by atoms with van der Waals surface area (Å²) in [5.41, 5.74) is 3.99. The first-order valence-corrected chi connectivity index (χ1v) is 9.19. The molecule has 2 aromatic carbocycles. The lowest BCUT2D eigenvalue weighted by atomic mass is 10.0. The number of fused-ring (bicyclic) bond motifs is 1.